The van der Waals surface area contributed by atoms with Gasteiger partial charge in [-0.3, -0.25) is 9.69 Å². The zero-order valence-electron chi connectivity index (χ0n) is 11.7. The van der Waals surface area contributed by atoms with Crippen molar-refractivity contribution in [3.8, 4) is 0 Å². The van der Waals surface area contributed by atoms with Crippen LogP contribution >= 0.6 is 0 Å². The predicted molar refractivity (Wildman–Crippen MR) is 78.9 cm³/mol. The van der Waals surface area contributed by atoms with E-state index in [9.17, 15) is 4.79 Å². The number of amides is 1. The van der Waals surface area contributed by atoms with E-state index in [0.717, 1.165) is 13.1 Å². The second kappa shape index (κ2) is 6.06. The third-order valence-corrected chi connectivity index (χ3v) is 3.55. The Labute approximate surface area is 115 Å². The number of hydrogen-bond acceptors (Lipinski definition) is 3. The highest BCUT2D eigenvalue weighted by Crippen LogP contribution is 2.21. The smallest absolute Gasteiger partial charge is 0.238 e. The molecular formula is C15H23N3O. The molecule has 1 fully saturated rings. The van der Waals surface area contributed by atoms with E-state index in [-0.39, 0.29) is 5.91 Å². The summed E-state index contributed by atoms with van der Waals surface area (Å²) in [6.45, 7) is 6.94. The number of benzene rings is 1. The lowest BCUT2D eigenvalue weighted by atomic mass is 9.92. The maximum absolute atomic E-state index is 12.0. The first-order valence-electron chi connectivity index (χ1n) is 6.91. The summed E-state index contributed by atoms with van der Waals surface area (Å²) in [4.78, 5) is 14.3. The number of nitrogens with zero attached hydrogens (tertiary/aromatic N) is 1. The lowest BCUT2D eigenvalue weighted by Gasteiger charge is -2.34. The van der Waals surface area contributed by atoms with Gasteiger partial charge in [-0.25, -0.2) is 0 Å². The Hall–Kier alpha value is -1.55. The van der Waals surface area contributed by atoms with E-state index < -0.39 is 0 Å². The average molecular weight is 261 g/mol. The van der Waals surface area contributed by atoms with E-state index in [1.165, 1.54) is 6.42 Å². The largest absolute Gasteiger partial charge is 0.397 e. The molecule has 2 atom stereocenters. The Balaban J connectivity index is 1.89. The van der Waals surface area contributed by atoms with Gasteiger partial charge in [-0.15, -0.1) is 0 Å². The van der Waals surface area contributed by atoms with Gasteiger partial charge in [-0.2, -0.15) is 0 Å². The van der Waals surface area contributed by atoms with Crippen LogP contribution < -0.4 is 11.1 Å². The quantitative estimate of drug-likeness (QED) is 0.820. The topological polar surface area (TPSA) is 58.4 Å². The normalized spacial score (nSPS) is 24.1. The van der Waals surface area contributed by atoms with Crippen molar-refractivity contribution in [1.82, 2.24) is 4.90 Å². The van der Waals surface area contributed by atoms with Crippen molar-refractivity contribution in [2.75, 3.05) is 30.7 Å². The summed E-state index contributed by atoms with van der Waals surface area (Å²) >= 11 is 0. The molecule has 0 bridgehead atoms. The van der Waals surface area contributed by atoms with Crippen LogP contribution in [-0.2, 0) is 4.79 Å². The maximum atomic E-state index is 12.0. The first kappa shape index (κ1) is 13.9. The van der Waals surface area contributed by atoms with Crippen LogP contribution in [-0.4, -0.2) is 30.4 Å². The van der Waals surface area contributed by atoms with E-state index in [1.807, 2.05) is 18.2 Å². The molecule has 0 aromatic heterocycles. The van der Waals surface area contributed by atoms with Crippen molar-refractivity contribution in [1.29, 1.82) is 0 Å². The SMILES string of the molecule is CC1CC(C)CN(CC(=O)Nc2ccccc2N)C1. The van der Waals surface area contributed by atoms with E-state index >= 15 is 0 Å². The van der Waals surface area contributed by atoms with Crippen molar-refractivity contribution in [2.24, 2.45) is 11.8 Å². The van der Waals surface area contributed by atoms with Gasteiger partial charge in [0.2, 0.25) is 5.91 Å². The average Bonchev–Trinajstić information content (AvgIpc) is 2.30. The monoisotopic (exact) mass is 261 g/mol. The number of carbonyl (C=O) groups excluding carboxylic acids is 1. The predicted octanol–water partition coefficient (Wildman–Crippen LogP) is 2.19. The number of para-hydroxylation sites is 2. The maximum Gasteiger partial charge on any atom is 0.238 e. The van der Waals surface area contributed by atoms with Gasteiger partial charge in [0.05, 0.1) is 17.9 Å². The number of piperidine rings is 1. The number of rotatable bonds is 3. The Bertz CT molecular complexity index is 437. The van der Waals surface area contributed by atoms with Crippen molar-refractivity contribution < 1.29 is 4.79 Å². The summed E-state index contributed by atoms with van der Waals surface area (Å²) in [5.41, 5.74) is 7.13. The third kappa shape index (κ3) is 3.96. The van der Waals surface area contributed by atoms with Gasteiger partial charge in [0.25, 0.3) is 0 Å². The molecule has 1 saturated heterocycles. The van der Waals surface area contributed by atoms with Crippen molar-refractivity contribution in [2.45, 2.75) is 20.3 Å². The molecule has 0 aliphatic carbocycles. The van der Waals surface area contributed by atoms with Crippen LogP contribution in [0.3, 0.4) is 0 Å². The van der Waals surface area contributed by atoms with Crippen LogP contribution in [0, 0.1) is 11.8 Å². The second-order valence-corrected chi connectivity index (χ2v) is 5.78. The highest BCUT2D eigenvalue weighted by Gasteiger charge is 2.23. The van der Waals surface area contributed by atoms with Crippen LogP contribution in [0.1, 0.15) is 20.3 Å². The van der Waals surface area contributed by atoms with Gasteiger partial charge >= 0.3 is 0 Å². The van der Waals surface area contributed by atoms with Crippen LogP contribution in [0.5, 0.6) is 0 Å². The number of nitrogen functional groups attached to an aromatic ring is 1. The lowest BCUT2D eigenvalue weighted by Crippen LogP contribution is -2.42. The van der Waals surface area contributed by atoms with Gasteiger partial charge in [0.15, 0.2) is 0 Å². The van der Waals surface area contributed by atoms with Crippen molar-refractivity contribution >= 4 is 17.3 Å². The molecule has 0 spiro atoms. The highest BCUT2D eigenvalue weighted by molar-refractivity contribution is 5.95. The zero-order chi connectivity index (χ0) is 13.8. The number of carbonyl (C=O) groups is 1. The Morgan fingerprint density at radius 3 is 2.58 bits per heavy atom. The minimum Gasteiger partial charge on any atom is -0.397 e. The fourth-order valence-electron chi connectivity index (χ4n) is 2.92. The van der Waals surface area contributed by atoms with Crippen LogP contribution in [0.2, 0.25) is 0 Å². The van der Waals surface area contributed by atoms with Gasteiger partial charge < -0.3 is 11.1 Å². The summed E-state index contributed by atoms with van der Waals surface area (Å²) in [7, 11) is 0. The summed E-state index contributed by atoms with van der Waals surface area (Å²) < 4.78 is 0. The number of nitrogens with one attached hydrogen (secondary N) is 1. The second-order valence-electron chi connectivity index (χ2n) is 5.78. The van der Waals surface area contributed by atoms with Gasteiger partial charge in [-0.05, 0) is 30.4 Å². The molecule has 2 unspecified atom stereocenters. The van der Waals surface area contributed by atoms with Gasteiger partial charge in [0, 0.05) is 13.1 Å². The minimum atomic E-state index is 0.0131. The van der Waals surface area contributed by atoms with Crippen molar-refractivity contribution in [3.05, 3.63) is 24.3 Å². The Morgan fingerprint density at radius 1 is 1.32 bits per heavy atom. The summed E-state index contributed by atoms with van der Waals surface area (Å²) in [6.07, 6.45) is 1.25. The number of likely N-dealkylation sites (tertiary alicyclic amines) is 1. The number of nitrogens with two attached hydrogens (primary N) is 1. The van der Waals surface area contributed by atoms with Gasteiger partial charge in [0.1, 0.15) is 0 Å². The van der Waals surface area contributed by atoms with Gasteiger partial charge in [-0.1, -0.05) is 26.0 Å². The third-order valence-electron chi connectivity index (χ3n) is 3.55. The summed E-state index contributed by atoms with van der Waals surface area (Å²) in [5.74, 6) is 1.34. The van der Waals surface area contributed by atoms with E-state index in [4.69, 9.17) is 5.73 Å². The molecule has 4 nitrogen and oxygen atoms in total. The summed E-state index contributed by atoms with van der Waals surface area (Å²) in [5, 5.41) is 2.88. The fourth-order valence-corrected chi connectivity index (χ4v) is 2.92. The van der Waals surface area contributed by atoms with Crippen molar-refractivity contribution in [3.63, 3.8) is 0 Å². The fraction of sp³-hybridized carbons (Fsp3) is 0.533. The molecule has 1 aliphatic heterocycles. The molecule has 1 heterocycles. The van der Waals surface area contributed by atoms with Crippen LogP contribution in [0.15, 0.2) is 24.3 Å². The Kier molecular flexibility index (Phi) is 4.43. The lowest BCUT2D eigenvalue weighted by molar-refractivity contribution is -0.117. The Morgan fingerprint density at radius 2 is 1.95 bits per heavy atom. The number of hydrogen-bond donors (Lipinski definition) is 2. The molecule has 0 saturated carbocycles. The minimum absolute atomic E-state index is 0.0131. The first-order valence-corrected chi connectivity index (χ1v) is 6.91. The molecule has 2 rings (SSSR count). The molecule has 1 aliphatic rings. The standard InChI is InChI=1S/C15H23N3O/c1-11-7-12(2)9-18(8-11)10-15(19)17-14-6-4-3-5-13(14)16/h3-6,11-12H,7-10,16H2,1-2H3,(H,17,19). The van der Waals surface area contributed by atoms with E-state index in [0.29, 0.717) is 29.8 Å². The molecule has 1 aromatic carbocycles. The van der Waals surface area contributed by atoms with E-state index in [2.05, 4.69) is 24.1 Å². The summed E-state index contributed by atoms with van der Waals surface area (Å²) in [6, 6.07) is 7.35. The molecule has 3 N–H and O–H groups in total. The molecular weight excluding hydrogens is 238 g/mol. The highest BCUT2D eigenvalue weighted by atomic mass is 16.2. The number of anilines is 2. The molecule has 4 heteroatoms. The van der Waals surface area contributed by atoms with E-state index in [1.54, 1.807) is 6.07 Å². The van der Waals surface area contributed by atoms with Crippen LogP contribution in [0.25, 0.3) is 0 Å². The van der Waals surface area contributed by atoms with Crippen LogP contribution in [0.4, 0.5) is 11.4 Å². The molecule has 19 heavy (non-hydrogen) atoms. The molecule has 1 amide bonds. The first-order chi connectivity index (χ1) is 9.04. The molecule has 1 aromatic rings. The molecule has 0 radical (unpaired) electrons. The zero-order valence-corrected chi connectivity index (χ0v) is 11.7. The molecule has 104 valence electrons.